The van der Waals surface area contributed by atoms with Gasteiger partial charge in [0.15, 0.2) is 5.96 Å². The molecule has 0 spiro atoms. The van der Waals surface area contributed by atoms with Crippen molar-refractivity contribution in [1.82, 2.24) is 15.5 Å². The van der Waals surface area contributed by atoms with Crippen LogP contribution < -0.4 is 15.5 Å². The number of amides is 1. The summed E-state index contributed by atoms with van der Waals surface area (Å²) in [5.41, 5.74) is 1.24. The fourth-order valence-electron chi connectivity index (χ4n) is 3.08. The van der Waals surface area contributed by atoms with E-state index in [9.17, 15) is 4.79 Å². The Labute approximate surface area is 150 Å². The lowest BCUT2D eigenvalue weighted by molar-refractivity contribution is -0.131. The van der Waals surface area contributed by atoms with Crippen LogP contribution in [0.2, 0.25) is 0 Å². The standard InChI is InChI=1S/C19H29N5O/c1-20-19(22-15-16-7-8-16)21-10-9-18(25)24-13-11-23(12-14-24)17-5-3-2-4-6-17/h2-6,16H,7-15H2,1H3,(H2,20,21,22). The molecule has 1 saturated heterocycles. The van der Waals surface area contributed by atoms with E-state index in [1.807, 2.05) is 11.0 Å². The number of rotatable bonds is 6. The van der Waals surface area contributed by atoms with Gasteiger partial charge in [0.05, 0.1) is 0 Å². The third-order valence-electron chi connectivity index (χ3n) is 4.86. The lowest BCUT2D eigenvalue weighted by Gasteiger charge is -2.36. The zero-order valence-corrected chi connectivity index (χ0v) is 15.1. The predicted molar refractivity (Wildman–Crippen MR) is 102 cm³/mol. The molecule has 1 aromatic carbocycles. The number of para-hydroxylation sites is 1. The topological polar surface area (TPSA) is 60.0 Å². The Morgan fingerprint density at radius 1 is 1.12 bits per heavy atom. The third-order valence-corrected chi connectivity index (χ3v) is 4.86. The maximum atomic E-state index is 12.4. The van der Waals surface area contributed by atoms with Crippen molar-refractivity contribution in [2.24, 2.45) is 10.9 Å². The lowest BCUT2D eigenvalue weighted by Crippen LogP contribution is -2.49. The largest absolute Gasteiger partial charge is 0.368 e. The van der Waals surface area contributed by atoms with Gasteiger partial charge in [-0.05, 0) is 30.9 Å². The number of carbonyl (C=O) groups is 1. The van der Waals surface area contributed by atoms with Gasteiger partial charge in [-0.3, -0.25) is 9.79 Å². The van der Waals surface area contributed by atoms with Crippen LogP contribution in [0.1, 0.15) is 19.3 Å². The molecule has 6 nitrogen and oxygen atoms in total. The second-order valence-electron chi connectivity index (χ2n) is 6.78. The average Bonchev–Trinajstić information content (AvgIpc) is 3.49. The average molecular weight is 343 g/mol. The number of nitrogens with zero attached hydrogens (tertiary/aromatic N) is 3. The highest BCUT2D eigenvalue weighted by Gasteiger charge is 2.22. The number of piperazine rings is 1. The fourth-order valence-corrected chi connectivity index (χ4v) is 3.08. The van der Waals surface area contributed by atoms with E-state index < -0.39 is 0 Å². The highest BCUT2D eigenvalue weighted by molar-refractivity contribution is 5.81. The number of carbonyl (C=O) groups excluding carboxylic acids is 1. The van der Waals surface area contributed by atoms with Gasteiger partial charge in [-0.1, -0.05) is 18.2 Å². The van der Waals surface area contributed by atoms with Gasteiger partial charge in [0.1, 0.15) is 0 Å². The van der Waals surface area contributed by atoms with Gasteiger partial charge in [0, 0.05) is 58.4 Å². The summed E-state index contributed by atoms with van der Waals surface area (Å²) in [5, 5.41) is 6.55. The van der Waals surface area contributed by atoms with Gasteiger partial charge in [-0.2, -0.15) is 0 Å². The van der Waals surface area contributed by atoms with Crippen LogP contribution in [0, 0.1) is 5.92 Å². The second-order valence-corrected chi connectivity index (χ2v) is 6.78. The van der Waals surface area contributed by atoms with Gasteiger partial charge in [-0.15, -0.1) is 0 Å². The van der Waals surface area contributed by atoms with Crippen molar-refractivity contribution in [3.63, 3.8) is 0 Å². The number of benzene rings is 1. The molecular weight excluding hydrogens is 314 g/mol. The molecule has 2 aliphatic rings. The van der Waals surface area contributed by atoms with E-state index in [2.05, 4.69) is 44.8 Å². The summed E-state index contributed by atoms with van der Waals surface area (Å²) in [4.78, 5) is 20.9. The molecule has 1 aliphatic heterocycles. The molecule has 2 fully saturated rings. The summed E-state index contributed by atoms with van der Waals surface area (Å²) in [6.07, 6.45) is 3.14. The Morgan fingerprint density at radius 2 is 1.84 bits per heavy atom. The first kappa shape index (κ1) is 17.6. The van der Waals surface area contributed by atoms with Crippen LogP contribution in [-0.4, -0.2) is 63.1 Å². The molecular formula is C19H29N5O. The number of guanidine groups is 1. The van der Waals surface area contributed by atoms with E-state index in [-0.39, 0.29) is 5.91 Å². The summed E-state index contributed by atoms with van der Waals surface area (Å²) in [6.45, 7) is 4.99. The molecule has 0 aromatic heterocycles. The van der Waals surface area contributed by atoms with Gasteiger partial charge < -0.3 is 20.4 Å². The molecule has 1 amide bonds. The smallest absolute Gasteiger partial charge is 0.224 e. The Bertz CT molecular complexity index is 577. The van der Waals surface area contributed by atoms with Gasteiger partial charge in [0.2, 0.25) is 5.91 Å². The Kier molecular flexibility index (Phi) is 6.14. The maximum absolute atomic E-state index is 12.4. The van der Waals surface area contributed by atoms with Crippen molar-refractivity contribution in [3.8, 4) is 0 Å². The zero-order chi connectivity index (χ0) is 17.5. The predicted octanol–water partition coefficient (Wildman–Crippen LogP) is 1.30. The Hall–Kier alpha value is -2.24. The molecule has 136 valence electrons. The minimum absolute atomic E-state index is 0.220. The summed E-state index contributed by atoms with van der Waals surface area (Å²) >= 11 is 0. The van der Waals surface area contributed by atoms with Crippen molar-refractivity contribution in [2.75, 3.05) is 51.2 Å². The minimum Gasteiger partial charge on any atom is -0.368 e. The third kappa shape index (κ3) is 5.37. The monoisotopic (exact) mass is 343 g/mol. The van der Waals surface area contributed by atoms with Crippen LogP contribution in [0.25, 0.3) is 0 Å². The number of nitrogens with one attached hydrogen (secondary N) is 2. The number of hydrogen-bond donors (Lipinski definition) is 2. The van der Waals surface area contributed by atoms with Crippen molar-refractivity contribution < 1.29 is 4.79 Å². The number of aliphatic imine (C=N–C) groups is 1. The lowest BCUT2D eigenvalue weighted by atomic mass is 10.2. The van der Waals surface area contributed by atoms with E-state index in [1.165, 1.54) is 18.5 Å². The van der Waals surface area contributed by atoms with Gasteiger partial charge in [0.25, 0.3) is 0 Å². The van der Waals surface area contributed by atoms with Crippen LogP contribution in [0.4, 0.5) is 5.69 Å². The van der Waals surface area contributed by atoms with Crippen LogP contribution >= 0.6 is 0 Å². The van der Waals surface area contributed by atoms with E-state index in [0.29, 0.717) is 13.0 Å². The Morgan fingerprint density at radius 3 is 2.48 bits per heavy atom. The summed E-state index contributed by atoms with van der Waals surface area (Å²) in [7, 11) is 1.77. The van der Waals surface area contributed by atoms with E-state index in [0.717, 1.165) is 44.6 Å². The zero-order valence-electron chi connectivity index (χ0n) is 15.1. The summed E-state index contributed by atoms with van der Waals surface area (Å²) in [5.74, 6) is 1.83. The van der Waals surface area contributed by atoms with Crippen molar-refractivity contribution >= 4 is 17.6 Å². The highest BCUT2D eigenvalue weighted by atomic mass is 16.2. The van der Waals surface area contributed by atoms with Crippen LogP contribution in [0.3, 0.4) is 0 Å². The van der Waals surface area contributed by atoms with Gasteiger partial charge >= 0.3 is 0 Å². The van der Waals surface area contributed by atoms with Crippen LogP contribution in [0.15, 0.2) is 35.3 Å². The Balaban J connectivity index is 1.34. The SMILES string of the molecule is CN=C(NCCC(=O)N1CCN(c2ccccc2)CC1)NCC1CC1. The van der Waals surface area contributed by atoms with E-state index in [1.54, 1.807) is 7.05 Å². The molecule has 0 bridgehead atoms. The molecule has 1 heterocycles. The molecule has 1 aliphatic carbocycles. The van der Waals surface area contributed by atoms with Crippen molar-refractivity contribution in [2.45, 2.75) is 19.3 Å². The van der Waals surface area contributed by atoms with Crippen molar-refractivity contribution in [3.05, 3.63) is 30.3 Å². The van der Waals surface area contributed by atoms with E-state index >= 15 is 0 Å². The molecule has 0 radical (unpaired) electrons. The first-order chi connectivity index (χ1) is 12.3. The fraction of sp³-hybridized carbons (Fsp3) is 0.579. The molecule has 1 aromatic rings. The molecule has 3 rings (SSSR count). The summed E-state index contributed by atoms with van der Waals surface area (Å²) in [6, 6.07) is 10.4. The molecule has 0 atom stereocenters. The molecule has 2 N–H and O–H groups in total. The second kappa shape index (κ2) is 8.74. The first-order valence-corrected chi connectivity index (χ1v) is 9.28. The normalized spacial score (nSPS) is 18.2. The summed E-state index contributed by atoms with van der Waals surface area (Å²) < 4.78 is 0. The molecule has 0 unspecified atom stereocenters. The van der Waals surface area contributed by atoms with Crippen LogP contribution in [0.5, 0.6) is 0 Å². The maximum Gasteiger partial charge on any atom is 0.224 e. The minimum atomic E-state index is 0.220. The van der Waals surface area contributed by atoms with Gasteiger partial charge in [-0.25, -0.2) is 0 Å². The van der Waals surface area contributed by atoms with Crippen LogP contribution in [-0.2, 0) is 4.79 Å². The highest BCUT2D eigenvalue weighted by Crippen LogP contribution is 2.27. The quantitative estimate of drug-likeness (QED) is 0.604. The molecule has 1 saturated carbocycles. The molecule has 6 heteroatoms. The first-order valence-electron chi connectivity index (χ1n) is 9.28. The van der Waals surface area contributed by atoms with Crippen molar-refractivity contribution in [1.29, 1.82) is 0 Å². The number of anilines is 1. The molecule has 25 heavy (non-hydrogen) atoms. The van der Waals surface area contributed by atoms with E-state index in [4.69, 9.17) is 0 Å². The number of hydrogen-bond acceptors (Lipinski definition) is 3.